The third-order valence-electron chi connectivity index (χ3n) is 2.14. The molecule has 0 unspecified atom stereocenters. The maximum Gasteiger partial charge on any atom is 0.355 e. The van der Waals surface area contributed by atoms with Crippen LogP contribution in [0, 0.1) is 5.41 Å². The summed E-state index contributed by atoms with van der Waals surface area (Å²) in [5.74, 6) is -0.983. The molecule has 0 saturated heterocycles. The highest BCUT2D eigenvalue weighted by Crippen LogP contribution is 2.30. The van der Waals surface area contributed by atoms with Crippen LogP contribution in [-0.4, -0.2) is 21.6 Å². The molecule has 1 heterocycles. The van der Waals surface area contributed by atoms with Crippen molar-refractivity contribution in [1.82, 2.24) is 4.98 Å². The number of nitrogens with zero attached hydrogens (tertiary/aromatic N) is 1. The molecule has 4 nitrogen and oxygen atoms in total. The monoisotopic (exact) mass is 256 g/mol. The summed E-state index contributed by atoms with van der Waals surface area (Å²) in [6.07, 6.45) is 0.974. The van der Waals surface area contributed by atoms with E-state index in [1.807, 2.05) is 0 Å². The number of hydrogen-bond acceptors (Lipinski definition) is 4. The van der Waals surface area contributed by atoms with E-state index in [4.69, 9.17) is 5.11 Å². The zero-order valence-corrected chi connectivity index (χ0v) is 11.8. The third kappa shape index (κ3) is 4.73. The van der Waals surface area contributed by atoms with E-state index < -0.39 is 5.97 Å². The van der Waals surface area contributed by atoms with E-state index in [1.54, 1.807) is 5.38 Å². The minimum atomic E-state index is -0.983. The number of aromatic nitrogens is 1. The van der Waals surface area contributed by atoms with Gasteiger partial charge in [-0.3, -0.25) is 0 Å². The molecule has 0 aliphatic heterocycles. The van der Waals surface area contributed by atoms with E-state index in [9.17, 15) is 4.79 Å². The second-order valence-corrected chi connectivity index (χ2v) is 6.95. The van der Waals surface area contributed by atoms with Crippen LogP contribution in [0.15, 0.2) is 5.38 Å². The fraction of sp³-hybridized carbons (Fsp3) is 0.667. The highest BCUT2D eigenvalue weighted by Gasteiger charge is 2.26. The molecule has 0 spiro atoms. The highest BCUT2D eigenvalue weighted by atomic mass is 32.1. The lowest BCUT2D eigenvalue weighted by atomic mass is 9.82. The van der Waals surface area contributed by atoms with Crippen LogP contribution >= 0.6 is 11.3 Å². The smallest absolute Gasteiger partial charge is 0.355 e. The van der Waals surface area contributed by atoms with Crippen LogP contribution in [0.5, 0.6) is 0 Å². The van der Waals surface area contributed by atoms with Crippen molar-refractivity contribution in [2.45, 2.75) is 46.6 Å². The number of carboxylic acid groups (broad SMARTS) is 1. The molecule has 0 radical (unpaired) electrons. The molecule has 0 aliphatic rings. The van der Waals surface area contributed by atoms with Gasteiger partial charge in [-0.05, 0) is 25.7 Å². The topological polar surface area (TPSA) is 62.2 Å². The van der Waals surface area contributed by atoms with Gasteiger partial charge in [0.05, 0.1) is 0 Å². The predicted octanol–water partition coefficient (Wildman–Crippen LogP) is 3.47. The number of carboxylic acids is 1. The number of hydrogen-bond donors (Lipinski definition) is 2. The number of nitrogens with one attached hydrogen (secondary N) is 1. The molecular formula is C12H20N2O2S. The first-order valence-corrected chi connectivity index (χ1v) is 6.44. The Hall–Kier alpha value is -1.10. The summed E-state index contributed by atoms with van der Waals surface area (Å²) in [6.45, 7) is 10.7. The molecule has 0 aliphatic carbocycles. The minimum Gasteiger partial charge on any atom is -0.476 e. The zero-order chi connectivity index (χ0) is 13.3. The molecule has 2 N–H and O–H groups in total. The van der Waals surface area contributed by atoms with Gasteiger partial charge in [0, 0.05) is 10.9 Å². The molecule has 0 atom stereocenters. The van der Waals surface area contributed by atoms with Crippen molar-refractivity contribution in [3.05, 3.63) is 11.1 Å². The molecule has 5 heteroatoms. The molecule has 17 heavy (non-hydrogen) atoms. The Bertz CT molecular complexity index is 405. The molecule has 96 valence electrons. The molecule has 0 aromatic carbocycles. The Kier molecular flexibility index (Phi) is 3.81. The maximum absolute atomic E-state index is 10.7. The quantitative estimate of drug-likeness (QED) is 0.866. The van der Waals surface area contributed by atoms with Gasteiger partial charge >= 0.3 is 5.97 Å². The fourth-order valence-corrected chi connectivity index (χ4v) is 2.95. The van der Waals surface area contributed by atoms with E-state index in [1.165, 1.54) is 11.3 Å². The van der Waals surface area contributed by atoms with Gasteiger partial charge in [0.15, 0.2) is 10.8 Å². The first-order valence-electron chi connectivity index (χ1n) is 5.56. The molecule has 0 amide bonds. The number of thiazole rings is 1. The Morgan fingerprint density at radius 2 is 2.00 bits per heavy atom. The summed E-state index contributed by atoms with van der Waals surface area (Å²) in [5.41, 5.74) is 0.207. The summed E-state index contributed by atoms with van der Waals surface area (Å²) >= 11 is 1.33. The molecule has 0 fully saturated rings. The lowest BCUT2D eigenvalue weighted by Crippen LogP contribution is -2.35. The van der Waals surface area contributed by atoms with Crippen LogP contribution in [0.25, 0.3) is 0 Å². The average molecular weight is 256 g/mol. The second-order valence-electron chi connectivity index (χ2n) is 6.09. The number of rotatable bonds is 4. The van der Waals surface area contributed by atoms with E-state index in [2.05, 4.69) is 44.9 Å². The SMILES string of the molecule is CC(C)(C)CC(C)(C)Nc1nc(C(=O)O)cs1. The first kappa shape index (κ1) is 14.0. The van der Waals surface area contributed by atoms with Gasteiger partial charge in [-0.25, -0.2) is 9.78 Å². The normalized spacial score (nSPS) is 12.5. The molecule has 1 rings (SSSR count). The van der Waals surface area contributed by atoms with Crippen LogP contribution in [0.2, 0.25) is 0 Å². The van der Waals surface area contributed by atoms with Crippen LogP contribution < -0.4 is 5.32 Å². The summed E-state index contributed by atoms with van der Waals surface area (Å²) in [6, 6.07) is 0. The van der Waals surface area contributed by atoms with Crippen molar-refractivity contribution < 1.29 is 9.90 Å². The molecule has 0 bridgehead atoms. The van der Waals surface area contributed by atoms with Crippen LogP contribution in [0.1, 0.15) is 51.5 Å². The summed E-state index contributed by atoms with van der Waals surface area (Å²) < 4.78 is 0. The number of anilines is 1. The molecule has 0 saturated carbocycles. The van der Waals surface area contributed by atoms with Crippen molar-refractivity contribution in [2.75, 3.05) is 5.32 Å². The van der Waals surface area contributed by atoms with Gasteiger partial charge in [-0.1, -0.05) is 20.8 Å². The number of aromatic carboxylic acids is 1. The van der Waals surface area contributed by atoms with Crippen molar-refractivity contribution in [3.8, 4) is 0 Å². The van der Waals surface area contributed by atoms with Crippen LogP contribution in [0.4, 0.5) is 5.13 Å². The fourth-order valence-electron chi connectivity index (χ4n) is 2.09. The van der Waals surface area contributed by atoms with Crippen molar-refractivity contribution >= 4 is 22.4 Å². The average Bonchev–Trinajstić information content (AvgIpc) is 2.46. The zero-order valence-electron chi connectivity index (χ0n) is 11.0. The van der Waals surface area contributed by atoms with Gasteiger partial charge in [0.1, 0.15) is 0 Å². The number of carbonyl (C=O) groups is 1. The van der Waals surface area contributed by atoms with Gasteiger partial charge in [-0.15, -0.1) is 11.3 Å². The largest absolute Gasteiger partial charge is 0.476 e. The maximum atomic E-state index is 10.7. The predicted molar refractivity (Wildman–Crippen MR) is 70.8 cm³/mol. The Morgan fingerprint density at radius 3 is 2.41 bits per heavy atom. The van der Waals surface area contributed by atoms with Gasteiger partial charge < -0.3 is 10.4 Å². The van der Waals surface area contributed by atoms with E-state index in [0.717, 1.165) is 6.42 Å². The van der Waals surface area contributed by atoms with Crippen LogP contribution in [-0.2, 0) is 0 Å². The Morgan fingerprint density at radius 1 is 1.41 bits per heavy atom. The highest BCUT2D eigenvalue weighted by molar-refractivity contribution is 7.13. The van der Waals surface area contributed by atoms with E-state index in [-0.39, 0.29) is 16.6 Å². The summed E-state index contributed by atoms with van der Waals surface area (Å²) in [4.78, 5) is 14.8. The van der Waals surface area contributed by atoms with Gasteiger partial charge in [0.2, 0.25) is 0 Å². The first-order chi connectivity index (χ1) is 7.59. The van der Waals surface area contributed by atoms with Gasteiger partial charge in [0.25, 0.3) is 0 Å². The van der Waals surface area contributed by atoms with Crippen molar-refractivity contribution in [2.24, 2.45) is 5.41 Å². The van der Waals surface area contributed by atoms with Crippen LogP contribution in [0.3, 0.4) is 0 Å². The van der Waals surface area contributed by atoms with E-state index in [0.29, 0.717) is 5.13 Å². The summed E-state index contributed by atoms with van der Waals surface area (Å²) in [7, 11) is 0. The Labute approximate surface area is 106 Å². The summed E-state index contributed by atoms with van der Waals surface area (Å²) in [5, 5.41) is 14.3. The molecule has 1 aromatic rings. The minimum absolute atomic E-state index is 0.101. The second kappa shape index (κ2) is 4.64. The lowest BCUT2D eigenvalue weighted by Gasteiger charge is -2.33. The molecular weight excluding hydrogens is 236 g/mol. The molecule has 1 aromatic heterocycles. The standard InChI is InChI=1S/C12H20N2O2S/c1-11(2,3)7-12(4,5)14-10-13-8(6-17-10)9(15)16/h6H,7H2,1-5H3,(H,13,14)(H,15,16). The lowest BCUT2D eigenvalue weighted by molar-refractivity contribution is 0.0691. The third-order valence-corrected chi connectivity index (χ3v) is 2.90. The Balaban J connectivity index is 2.72. The van der Waals surface area contributed by atoms with E-state index >= 15 is 0 Å². The van der Waals surface area contributed by atoms with Gasteiger partial charge in [-0.2, -0.15) is 0 Å². The van der Waals surface area contributed by atoms with Crippen molar-refractivity contribution in [1.29, 1.82) is 0 Å². The van der Waals surface area contributed by atoms with Crippen molar-refractivity contribution in [3.63, 3.8) is 0 Å².